The van der Waals surface area contributed by atoms with Crippen LogP contribution in [0.3, 0.4) is 0 Å². The molecule has 0 aliphatic rings. The van der Waals surface area contributed by atoms with Crippen LogP contribution in [0, 0.1) is 17.2 Å². The Hall–Kier alpha value is -0.410. The van der Waals surface area contributed by atoms with Gasteiger partial charge in [-0.25, -0.2) is 0 Å². The molecule has 0 aliphatic heterocycles. The zero-order chi connectivity index (χ0) is 9.61. The van der Waals surface area contributed by atoms with Crippen molar-refractivity contribution in [2.45, 2.75) is 11.9 Å². The van der Waals surface area contributed by atoms with E-state index in [9.17, 15) is 13.2 Å². The van der Waals surface area contributed by atoms with E-state index in [1.165, 1.54) is 0 Å². The molecule has 0 aromatic heterocycles. The fourth-order valence-corrected chi connectivity index (χ4v) is 1.15. The molecule has 12 heavy (non-hydrogen) atoms. The topological polar surface area (TPSA) is 44.0 Å². The molecule has 0 aliphatic carbocycles. The third-order valence-electron chi connectivity index (χ3n) is 1.13. The molecule has 2 nitrogen and oxygen atoms in total. The minimum Gasteiger partial charge on any atom is -0.395 e. The summed E-state index contributed by atoms with van der Waals surface area (Å²) in [6, 6.07) is 1.71. The summed E-state index contributed by atoms with van der Waals surface area (Å²) in [4.78, 5) is 0. The summed E-state index contributed by atoms with van der Waals surface area (Å²) in [5.74, 6) is -0.859. The average Bonchev–Trinajstić information content (AvgIpc) is 1.96. The molecule has 0 bridgehead atoms. The summed E-state index contributed by atoms with van der Waals surface area (Å²) in [5, 5.41) is 16.7. The molecule has 1 unspecified atom stereocenters. The van der Waals surface area contributed by atoms with Crippen LogP contribution in [-0.2, 0) is 0 Å². The van der Waals surface area contributed by atoms with E-state index in [0.717, 1.165) is 0 Å². The first-order chi connectivity index (χ1) is 5.49. The lowest BCUT2D eigenvalue weighted by Gasteiger charge is -2.06. The Kier molecular flexibility index (Phi) is 5.09. The standard InChI is InChI=1S/C6H8F3NOS/c7-6(8,9)12-2-1-5(3-10)4-11/h5,11H,1-2,4H2. The number of nitriles is 1. The predicted molar refractivity (Wildman–Crippen MR) is 39.3 cm³/mol. The van der Waals surface area contributed by atoms with Crippen LogP contribution in [0.15, 0.2) is 0 Å². The van der Waals surface area contributed by atoms with E-state index in [1.807, 2.05) is 0 Å². The number of aliphatic hydroxyl groups excluding tert-OH is 1. The van der Waals surface area contributed by atoms with Gasteiger partial charge in [0, 0.05) is 5.75 Å². The second-order valence-electron chi connectivity index (χ2n) is 2.09. The number of aliphatic hydroxyl groups is 1. The zero-order valence-corrected chi connectivity index (χ0v) is 6.95. The van der Waals surface area contributed by atoms with Crippen molar-refractivity contribution in [1.29, 1.82) is 5.26 Å². The van der Waals surface area contributed by atoms with Crippen molar-refractivity contribution in [1.82, 2.24) is 0 Å². The van der Waals surface area contributed by atoms with E-state index >= 15 is 0 Å². The number of hydrogen-bond acceptors (Lipinski definition) is 3. The first-order valence-electron chi connectivity index (χ1n) is 3.20. The second kappa shape index (κ2) is 5.27. The van der Waals surface area contributed by atoms with Crippen molar-refractivity contribution in [3.63, 3.8) is 0 Å². The summed E-state index contributed by atoms with van der Waals surface area (Å²) >= 11 is -0.170. The van der Waals surface area contributed by atoms with Gasteiger partial charge in [-0.3, -0.25) is 0 Å². The van der Waals surface area contributed by atoms with Gasteiger partial charge in [0.1, 0.15) is 0 Å². The molecule has 0 heterocycles. The molecule has 0 fully saturated rings. The Labute approximate surface area is 72.4 Å². The Bertz CT molecular complexity index is 165. The van der Waals surface area contributed by atoms with E-state index < -0.39 is 11.4 Å². The summed E-state index contributed by atoms with van der Waals surface area (Å²) in [6.07, 6.45) is 0.0666. The third kappa shape index (κ3) is 6.31. The summed E-state index contributed by atoms with van der Waals surface area (Å²) < 4.78 is 34.6. The van der Waals surface area contributed by atoms with Crippen molar-refractivity contribution in [3.05, 3.63) is 0 Å². The van der Waals surface area contributed by atoms with Gasteiger partial charge in [-0.1, -0.05) is 11.8 Å². The molecule has 70 valence electrons. The fraction of sp³-hybridized carbons (Fsp3) is 0.833. The second-order valence-corrected chi connectivity index (χ2v) is 3.25. The normalized spacial score (nSPS) is 13.9. The highest BCUT2D eigenvalue weighted by atomic mass is 32.2. The van der Waals surface area contributed by atoms with Crippen LogP contribution >= 0.6 is 11.8 Å². The van der Waals surface area contributed by atoms with Crippen LogP contribution < -0.4 is 0 Å². The quantitative estimate of drug-likeness (QED) is 0.750. The van der Waals surface area contributed by atoms with Crippen LogP contribution in [-0.4, -0.2) is 23.0 Å². The Balaban J connectivity index is 3.50. The van der Waals surface area contributed by atoms with E-state index in [1.54, 1.807) is 6.07 Å². The van der Waals surface area contributed by atoms with Crippen LogP contribution in [0.1, 0.15) is 6.42 Å². The number of alkyl halides is 3. The summed E-state index contributed by atoms with van der Waals surface area (Å²) in [6.45, 7) is -0.380. The zero-order valence-electron chi connectivity index (χ0n) is 6.14. The molecule has 1 atom stereocenters. The number of rotatable bonds is 4. The largest absolute Gasteiger partial charge is 0.441 e. The lowest BCUT2D eigenvalue weighted by Crippen LogP contribution is -2.07. The van der Waals surface area contributed by atoms with E-state index in [-0.39, 0.29) is 30.5 Å². The lowest BCUT2D eigenvalue weighted by atomic mass is 10.1. The maximum atomic E-state index is 11.5. The number of halogens is 3. The van der Waals surface area contributed by atoms with Crippen molar-refractivity contribution >= 4 is 11.8 Å². The summed E-state index contributed by atoms with van der Waals surface area (Å²) in [7, 11) is 0. The van der Waals surface area contributed by atoms with Gasteiger partial charge in [0.15, 0.2) is 0 Å². The van der Waals surface area contributed by atoms with Crippen molar-refractivity contribution in [3.8, 4) is 6.07 Å². The molecule has 0 spiro atoms. The van der Waals surface area contributed by atoms with E-state index in [0.29, 0.717) is 0 Å². The van der Waals surface area contributed by atoms with Gasteiger partial charge in [0.25, 0.3) is 0 Å². The number of hydrogen-bond donors (Lipinski definition) is 1. The van der Waals surface area contributed by atoms with Crippen molar-refractivity contribution in [2.24, 2.45) is 5.92 Å². The number of thioether (sulfide) groups is 1. The molecule has 0 radical (unpaired) electrons. The van der Waals surface area contributed by atoms with Gasteiger partial charge >= 0.3 is 5.51 Å². The van der Waals surface area contributed by atoms with Crippen molar-refractivity contribution < 1.29 is 18.3 Å². The first kappa shape index (κ1) is 11.6. The smallest absolute Gasteiger partial charge is 0.395 e. The number of nitrogens with zero attached hydrogens (tertiary/aromatic N) is 1. The Morgan fingerprint density at radius 2 is 2.08 bits per heavy atom. The predicted octanol–water partition coefficient (Wildman–Crippen LogP) is 1.76. The molecular weight excluding hydrogens is 191 g/mol. The van der Waals surface area contributed by atoms with E-state index in [4.69, 9.17) is 10.4 Å². The Morgan fingerprint density at radius 3 is 2.42 bits per heavy atom. The molecule has 0 aromatic rings. The monoisotopic (exact) mass is 199 g/mol. The maximum absolute atomic E-state index is 11.5. The highest BCUT2D eigenvalue weighted by molar-refractivity contribution is 8.00. The highest BCUT2D eigenvalue weighted by Crippen LogP contribution is 2.31. The lowest BCUT2D eigenvalue weighted by molar-refractivity contribution is -0.0328. The van der Waals surface area contributed by atoms with Crippen LogP contribution in [0.25, 0.3) is 0 Å². The average molecular weight is 199 g/mol. The molecule has 1 N–H and O–H groups in total. The van der Waals surface area contributed by atoms with Crippen LogP contribution in [0.4, 0.5) is 13.2 Å². The Morgan fingerprint density at radius 1 is 1.50 bits per heavy atom. The maximum Gasteiger partial charge on any atom is 0.441 e. The van der Waals surface area contributed by atoms with Gasteiger partial charge in [-0.2, -0.15) is 18.4 Å². The van der Waals surface area contributed by atoms with Crippen LogP contribution in [0.2, 0.25) is 0 Å². The molecule has 0 amide bonds. The van der Waals surface area contributed by atoms with Gasteiger partial charge in [0.05, 0.1) is 18.6 Å². The SMILES string of the molecule is N#CC(CO)CCSC(F)(F)F. The molecule has 0 rings (SSSR count). The molecule has 0 aromatic carbocycles. The van der Waals surface area contributed by atoms with Crippen LogP contribution in [0.5, 0.6) is 0 Å². The van der Waals surface area contributed by atoms with Gasteiger partial charge in [-0.15, -0.1) is 0 Å². The van der Waals surface area contributed by atoms with Gasteiger partial charge in [-0.05, 0) is 6.42 Å². The summed E-state index contributed by atoms with van der Waals surface area (Å²) in [5.41, 5.74) is -4.24. The third-order valence-corrected chi connectivity index (χ3v) is 1.90. The minimum absolute atomic E-state index is 0.0666. The van der Waals surface area contributed by atoms with Gasteiger partial charge in [0.2, 0.25) is 0 Å². The molecule has 0 saturated heterocycles. The fourth-order valence-electron chi connectivity index (χ4n) is 0.514. The van der Waals surface area contributed by atoms with Gasteiger partial charge < -0.3 is 5.11 Å². The van der Waals surface area contributed by atoms with Crippen molar-refractivity contribution in [2.75, 3.05) is 12.4 Å². The molecule has 0 saturated carbocycles. The molecule has 6 heteroatoms. The first-order valence-corrected chi connectivity index (χ1v) is 4.19. The molecular formula is C6H8F3NOS. The minimum atomic E-state index is -4.24. The van der Waals surface area contributed by atoms with E-state index in [2.05, 4.69) is 0 Å². The highest BCUT2D eigenvalue weighted by Gasteiger charge is 2.27.